The first kappa shape index (κ1) is 27.4. The number of nitrogens with zero attached hydrogens (tertiary/aromatic N) is 4. The summed E-state index contributed by atoms with van der Waals surface area (Å²) in [5, 5.41) is 0. The Morgan fingerprint density at radius 1 is 0.391 bits per heavy atom. The van der Waals surface area contributed by atoms with Crippen LogP contribution in [0.2, 0.25) is 0 Å². The average molecular weight is 599 g/mol. The number of benzene rings is 6. The number of rotatable bonds is 7. The Labute approximate surface area is 266 Å². The lowest BCUT2D eigenvalue weighted by molar-refractivity contribution is 0.619. The Bertz CT molecular complexity index is 2110. The molecule has 6 heteroatoms. The van der Waals surface area contributed by atoms with Crippen molar-refractivity contribution in [2.75, 3.05) is 23.9 Å². The van der Waals surface area contributed by atoms with Gasteiger partial charge in [-0.25, -0.2) is 9.97 Å². The van der Waals surface area contributed by atoms with Crippen molar-refractivity contribution < 1.29 is 8.83 Å². The van der Waals surface area contributed by atoms with Gasteiger partial charge in [-0.1, -0.05) is 60.7 Å². The zero-order valence-corrected chi connectivity index (χ0v) is 25.5. The molecule has 0 unspecified atom stereocenters. The molecule has 8 aromatic rings. The summed E-state index contributed by atoms with van der Waals surface area (Å²) in [7, 11) is 4.11. The van der Waals surface area contributed by atoms with E-state index in [1.54, 1.807) is 0 Å². The van der Waals surface area contributed by atoms with Crippen LogP contribution < -0.4 is 9.80 Å². The van der Waals surface area contributed by atoms with Gasteiger partial charge in [0, 0.05) is 48.0 Å². The van der Waals surface area contributed by atoms with Crippen LogP contribution in [-0.4, -0.2) is 24.1 Å². The molecule has 8 rings (SSSR count). The van der Waals surface area contributed by atoms with Gasteiger partial charge in [-0.15, -0.1) is 0 Å². The van der Waals surface area contributed by atoms with Crippen LogP contribution in [0.4, 0.5) is 22.7 Å². The molecule has 0 saturated carbocycles. The summed E-state index contributed by atoms with van der Waals surface area (Å²) in [6.45, 7) is 0. The van der Waals surface area contributed by atoms with Gasteiger partial charge in [-0.3, -0.25) is 0 Å². The maximum atomic E-state index is 6.12. The third kappa shape index (κ3) is 5.16. The number of anilines is 4. The van der Waals surface area contributed by atoms with Crippen molar-refractivity contribution in [3.05, 3.63) is 146 Å². The van der Waals surface area contributed by atoms with E-state index in [2.05, 4.69) is 121 Å². The lowest BCUT2D eigenvalue weighted by Gasteiger charge is -2.19. The van der Waals surface area contributed by atoms with E-state index in [1.165, 1.54) is 0 Å². The highest BCUT2D eigenvalue weighted by atomic mass is 16.4. The molecule has 0 bridgehead atoms. The van der Waals surface area contributed by atoms with Crippen LogP contribution in [0, 0.1) is 0 Å². The zero-order valence-electron chi connectivity index (χ0n) is 25.5. The average Bonchev–Trinajstić information content (AvgIpc) is 3.76. The van der Waals surface area contributed by atoms with Crippen LogP contribution in [-0.2, 0) is 0 Å². The molecule has 0 radical (unpaired) electrons. The standard InChI is InChI=1S/C40H30N4O2/c1-43(31-9-5-3-6-10-31)33-21-23-37-35(25-33)41-39(45-37)29-17-13-27(14-18-29)28-15-19-30(20-16-28)40-42-36-26-34(22-24-38(36)46-40)44(2)32-11-7-4-8-12-32/h3-26H,1-2H3. The fraction of sp³-hybridized carbons (Fsp3) is 0.0500. The Morgan fingerprint density at radius 2 is 0.761 bits per heavy atom. The van der Waals surface area contributed by atoms with Gasteiger partial charge in [0.2, 0.25) is 11.8 Å². The molecule has 0 N–H and O–H groups in total. The molecule has 6 aromatic carbocycles. The number of aromatic nitrogens is 2. The summed E-state index contributed by atoms with van der Waals surface area (Å²) in [5.74, 6) is 1.20. The predicted octanol–water partition coefficient (Wildman–Crippen LogP) is 10.5. The van der Waals surface area contributed by atoms with Gasteiger partial charge in [0.25, 0.3) is 0 Å². The fourth-order valence-corrected chi connectivity index (χ4v) is 5.71. The maximum absolute atomic E-state index is 6.12. The largest absolute Gasteiger partial charge is 0.436 e. The van der Waals surface area contributed by atoms with Gasteiger partial charge < -0.3 is 18.6 Å². The van der Waals surface area contributed by atoms with Crippen molar-refractivity contribution in [3.63, 3.8) is 0 Å². The van der Waals surface area contributed by atoms with Crippen molar-refractivity contribution in [2.45, 2.75) is 0 Å². The minimum atomic E-state index is 0.602. The molecule has 6 nitrogen and oxygen atoms in total. The van der Waals surface area contributed by atoms with E-state index < -0.39 is 0 Å². The molecular formula is C40H30N4O2. The summed E-state index contributed by atoms with van der Waals surface area (Å²) >= 11 is 0. The molecule has 0 aliphatic heterocycles. The highest BCUT2D eigenvalue weighted by molar-refractivity contribution is 5.83. The fourth-order valence-electron chi connectivity index (χ4n) is 5.71. The number of oxazole rings is 2. The van der Waals surface area contributed by atoms with Gasteiger partial charge >= 0.3 is 0 Å². The summed E-state index contributed by atoms with van der Waals surface area (Å²) in [5.41, 5.74) is 11.6. The first-order valence-electron chi connectivity index (χ1n) is 15.2. The second kappa shape index (κ2) is 11.4. The van der Waals surface area contributed by atoms with Crippen LogP contribution in [0.15, 0.2) is 154 Å². The molecule has 222 valence electrons. The predicted molar refractivity (Wildman–Crippen MR) is 187 cm³/mol. The molecule has 0 aliphatic carbocycles. The van der Waals surface area contributed by atoms with Gasteiger partial charge in [0.1, 0.15) is 11.0 Å². The second-order valence-corrected chi connectivity index (χ2v) is 11.3. The van der Waals surface area contributed by atoms with E-state index in [0.717, 1.165) is 67.2 Å². The lowest BCUT2D eigenvalue weighted by atomic mass is 10.0. The minimum Gasteiger partial charge on any atom is -0.436 e. The van der Waals surface area contributed by atoms with Crippen molar-refractivity contribution in [3.8, 4) is 34.0 Å². The molecule has 2 aromatic heterocycles. The van der Waals surface area contributed by atoms with Crippen molar-refractivity contribution in [1.82, 2.24) is 9.97 Å². The van der Waals surface area contributed by atoms with E-state index in [1.807, 2.05) is 48.5 Å². The van der Waals surface area contributed by atoms with E-state index in [9.17, 15) is 0 Å². The molecule has 2 heterocycles. The number of fused-ring (bicyclic) bond motifs is 2. The van der Waals surface area contributed by atoms with Gasteiger partial charge in [-0.05, 0) is 96.1 Å². The number of para-hydroxylation sites is 2. The highest BCUT2D eigenvalue weighted by Gasteiger charge is 2.14. The SMILES string of the molecule is CN(c1ccccc1)c1ccc2oc(-c3ccc(-c4ccc(-c5nc6cc(N(C)c7ccccc7)ccc6o5)cc4)cc3)nc2c1. The van der Waals surface area contributed by atoms with Gasteiger partial charge in [0.15, 0.2) is 11.2 Å². The lowest BCUT2D eigenvalue weighted by Crippen LogP contribution is -2.08. The Balaban J connectivity index is 0.996. The van der Waals surface area contributed by atoms with Crippen LogP contribution in [0.25, 0.3) is 56.2 Å². The van der Waals surface area contributed by atoms with E-state index in [4.69, 9.17) is 18.8 Å². The van der Waals surface area contributed by atoms with Gasteiger partial charge in [-0.2, -0.15) is 0 Å². The molecule has 0 amide bonds. The van der Waals surface area contributed by atoms with Crippen LogP contribution in [0.3, 0.4) is 0 Å². The second-order valence-electron chi connectivity index (χ2n) is 11.3. The highest BCUT2D eigenvalue weighted by Crippen LogP contribution is 2.33. The first-order chi connectivity index (χ1) is 22.6. The molecule has 0 aliphatic rings. The molecule has 0 fully saturated rings. The molecule has 0 spiro atoms. The normalized spacial score (nSPS) is 11.3. The van der Waals surface area contributed by atoms with Crippen molar-refractivity contribution in [1.29, 1.82) is 0 Å². The number of hydrogen-bond acceptors (Lipinski definition) is 6. The monoisotopic (exact) mass is 598 g/mol. The van der Waals surface area contributed by atoms with E-state index in [-0.39, 0.29) is 0 Å². The number of hydrogen-bond donors (Lipinski definition) is 0. The van der Waals surface area contributed by atoms with Crippen LogP contribution in [0.1, 0.15) is 0 Å². The maximum Gasteiger partial charge on any atom is 0.227 e. The Morgan fingerprint density at radius 3 is 1.15 bits per heavy atom. The van der Waals surface area contributed by atoms with Gasteiger partial charge in [0.05, 0.1) is 0 Å². The molecule has 0 saturated heterocycles. The Kier molecular flexibility index (Phi) is 6.80. The quantitative estimate of drug-likeness (QED) is 0.182. The summed E-state index contributed by atoms with van der Waals surface area (Å²) in [6.07, 6.45) is 0. The van der Waals surface area contributed by atoms with Crippen LogP contribution >= 0.6 is 0 Å². The third-order valence-corrected chi connectivity index (χ3v) is 8.40. The first-order valence-corrected chi connectivity index (χ1v) is 15.2. The summed E-state index contributed by atoms with van der Waals surface area (Å²) < 4.78 is 12.2. The molecular weight excluding hydrogens is 568 g/mol. The van der Waals surface area contributed by atoms with Crippen LogP contribution in [0.5, 0.6) is 0 Å². The smallest absolute Gasteiger partial charge is 0.227 e. The Hall–Kier alpha value is -6.14. The molecule has 46 heavy (non-hydrogen) atoms. The minimum absolute atomic E-state index is 0.602. The van der Waals surface area contributed by atoms with E-state index in [0.29, 0.717) is 11.8 Å². The van der Waals surface area contributed by atoms with E-state index >= 15 is 0 Å². The third-order valence-electron chi connectivity index (χ3n) is 8.40. The van der Waals surface area contributed by atoms with Crippen molar-refractivity contribution >= 4 is 44.9 Å². The summed E-state index contributed by atoms with van der Waals surface area (Å²) in [4.78, 5) is 13.9. The molecule has 0 atom stereocenters. The van der Waals surface area contributed by atoms with Crippen molar-refractivity contribution in [2.24, 2.45) is 0 Å². The summed E-state index contributed by atoms with van der Waals surface area (Å²) in [6, 6.07) is 49.3. The topological polar surface area (TPSA) is 58.5 Å². The zero-order chi connectivity index (χ0) is 31.0.